The van der Waals surface area contributed by atoms with Gasteiger partial charge in [0.05, 0.1) is 11.4 Å². The SMILES string of the molecule is C[C@H]1NCCNCCNCCN[C@H](C)c2cccc1n2.O.O.[Cl-].[Cl-].[Mn+2].[OH3+]. The fourth-order valence-corrected chi connectivity index (χ4v) is 2.34. The van der Waals surface area contributed by atoms with E-state index in [0.717, 1.165) is 50.7 Å². The zero-order chi connectivity index (χ0) is 14.2. The van der Waals surface area contributed by atoms with Crippen LogP contribution < -0.4 is 46.1 Å². The molecule has 0 spiro atoms. The van der Waals surface area contributed by atoms with Crippen LogP contribution in [0.2, 0.25) is 0 Å². The predicted molar refractivity (Wildman–Crippen MR) is 94.9 cm³/mol. The molecule has 0 aliphatic carbocycles. The topological polar surface area (TPSA) is 157 Å². The molecule has 0 unspecified atom stereocenters. The van der Waals surface area contributed by atoms with Crippen molar-refractivity contribution in [3.05, 3.63) is 29.6 Å². The molecule has 0 saturated heterocycles. The second-order valence-electron chi connectivity index (χ2n) is 5.34. The van der Waals surface area contributed by atoms with Gasteiger partial charge in [-0.1, -0.05) is 6.07 Å². The van der Waals surface area contributed by atoms with E-state index in [1.165, 1.54) is 0 Å². The molecule has 1 radical (unpaired) electrons. The van der Waals surface area contributed by atoms with Crippen LogP contribution in [0.3, 0.4) is 0 Å². The summed E-state index contributed by atoms with van der Waals surface area (Å²) in [6.07, 6.45) is 0. The number of nitrogens with one attached hydrogen (secondary N) is 4. The quantitative estimate of drug-likeness (QED) is 0.224. The third kappa shape index (κ3) is 13.2. The molecule has 8 nitrogen and oxygen atoms in total. The van der Waals surface area contributed by atoms with Crippen molar-refractivity contribution in [2.24, 2.45) is 0 Å². The Labute approximate surface area is 179 Å². The van der Waals surface area contributed by atoms with E-state index in [2.05, 4.69) is 53.3 Å². The fourth-order valence-electron chi connectivity index (χ4n) is 2.34. The third-order valence-corrected chi connectivity index (χ3v) is 3.66. The van der Waals surface area contributed by atoms with Crippen LogP contribution >= 0.6 is 0 Å². The molecule has 1 aliphatic rings. The smallest absolute Gasteiger partial charge is 1.00 e. The molecule has 11 heteroatoms. The normalized spacial score (nSPS) is 20.4. The van der Waals surface area contributed by atoms with E-state index in [0.29, 0.717) is 0 Å². The Kier molecular flexibility index (Phi) is 30.1. The summed E-state index contributed by atoms with van der Waals surface area (Å²) in [5.74, 6) is 0. The Morgan fingerprint density at radius 2 is 1.12 bits per heavy atom. The van der Waals surface area contributed by atoms with Gasteiger partial charge in [-0.25, -0.2) is 0 Å². The zero-order valence-corrected chi connectivity index (χ0v) is 18.0. The maximum absolute atomic E-state index is 4.78. The molecule has 1 aliphatic heterocycles. The molecule has 0 amide bonds. The van der Waals surface area contributed by atoms with Crippen molar-refractivity contribution >= 4 is 0 Å². The molecular weight excluding hydrogens is 424 g/mol. The number of rotatable bonds is 0. The number of hydrogen-bond acceptors (Lipinski definition) is 5. The minimum Gasteiger partial charge on any atom is -1.00 e. The Balaban J connectivity index is -0.000000245. The first-order valence-electron chi connectivity index (χ1n) is 7.62. The van der Waals surface area contributed by atoms with Crippen LogP contribution in [0, 0.1) is 0 Å². The molecule has 2 rings (SSSR count). The van der Waals surface area contributed by atoms with Gasteiger partial charge in [0.15, 0.2) is 0 Å². The van der Waals surface area contributed by atoms with Gasteiger partial charge < -0.3 is 62.5 Å². The number of aromatic nitrogens is 1. The van der Waals surface area contributed by atoms with Gasteiger partial charge in [-0.15, -0.1) is 0 Å². The largest absolute Gasteiger partial charge is 2.00 e. The van der Waals surface area contributed by atoms with E-state index in [1.807, 2.05) is 0 Å². The predicted octanol–water partition coefficient (Wildman–Crippen LogP) is -7.99. The summed E-state index contributed by atoms with van der Waals surface area (Å²) in [4.78, 5) is 4.78. The van der Waals surface area contributed by atoms with Crippen LogP contribution in [0.4, 0.5) is 0 Å². The van der Waals surface area contributed by atoms with Crippen molar-refractivity contribution in [2.45, 2.75) is 25.9 Å². The summed E-state index contributed by atoms with van der Waals surface area (Å²) in [5, 5.41) is 13.9. The van der Waals surface area contributed by atoms with Gasteiger partial charge in [-0.3, -0.25) is 4.98 Å². The van der Waals surface area contributed by atoms with E-state index in [-0.39, 0.29) is 70.4 Å². The Morgan fingerprint density at radius 1 is 0.769 bits per heavy atom. The van der Waals surface area contributed by atoms with Crippen LogP contribution in [-0.4, -0.2) is 55.2 Å². The average Bonchev–Trinajstić information content (AvgIpc) is 2.48. The number of nitrogens with zero attached hydrogens (tertiary/aromatic N) is 1. The van der Waals surface area contributed by atoms with E-state index >= 15 is 0 Å². The number of fused-ring (bicyclic) bond motifs is 2. The monoisotopic (exact) mass is 457 g/mol. The molecule has 2 atom stereocenters. The van der Waals surface area contributed by atoms with E-state index < -0.39 is 0 Å². The van der Waals surface area contributed by atoms with E-state index in [4.69, 9.17) is 4.98 Å². The first-order chi connectivity index (χ1) is 9.77. The molecule has 0 saturated carbocycles. The van der Waals surface area contributed by atoms with Gasteiger partial charge in [0.2, 0.25) is 0 Å². The molecule has 0 fully saturated rings. The van der Waals surface area contributed by atoms with Crippen LogP contribution in [0.5, 0.6) is 0 Å². The van der Waals surface area contributed by atoms with Crippen LogP contribution in [0.15, 0.2) is 18.2 Å². The summed E-state index contributed by atoms with van der Waals surface area (Å²) in [5.41, 5.74) is 2.23. The van der Waals surface area contributed by atoms with Gasteiger partial charge in [0.25, 0.3) is 0 Å². The van der Waals surface area contributed by atoms with Gasteiger partial charge in [-0.05, 0) is 26.0 Å². The number of pyridine rings is 1. The summed E-state index contributed by atoms with van der Waals surface area (Å²) in [7, 11) is 0. The van der Waals surface area contributed by atoms with Crippen LogP contribution in [-0.2, 0) is 22.5 Å². The van der Waals surface area contributed by atoms with Gasteiger partial charge >= 0.3 is 17.1 Å². The van der Waals surface area contributed by atoms with E-state index in [9.17, 15) is 0 Å². The van der Waals surface area contributed by atoms with E-state index in [1.54, 1.807) is 0 Å². The Morgan fingerprint density at radius 3 is 1.50 bits per heavy atom. The Hall–Kier alpha value is -0.0305. The van der Waals surface area contributed by atoms with Crippen LogP contribution in [0.1, 0.15) is 37.3 Å². The van der Waals surface area contributed by atoms with Crippen molar-refractivity contribution in [2.75, 3.05) is 39.3 Å². The minimum absolute atomic E-state index is 0. The molecule has 11 N–H and O–H groups in total. The summed E-state index contributed by atoms with van der Waals surface area (Å²) in [6, 6.07) is 6.87. The van der Waals surface area contributed by atoms with Crippen LogP contribution in [0.25, 0.3) is 0 Å². The Bertz CT molecular complexity index is 391. The summed E-state index contributed by atoms with van der Waals surface area (Å²) in [6.45, 7) is 10.3. The fraction of sp³-hybridized carbons (Fsp3) is 0.667. The first-order valence-corrected chi connectivity index (χ1v) is 7.62. The average molecular weight is 458 g/mol. The molecule has 2 bridgehead atoms. The summed E-state index contributed by atoms with van der Waals surface area (Å²) >= 11 is 0. The molecule has 26 heavy (non-hydrogen) atoms. The molecule has 157 valence electrons. The molecule has 2 heterocycles. The standard InChI is InChI=1S/C15H27N5.2ClH.Mn.3H2O/c1-12-14-4-3-5-15(20-14)13(2)19-11-9-17-7-6-16-8-10-18-12;;;;;;/h3-5,12-13,16-19H,6-11H2,1-2H3;2*1H;;3*1H2/q;;;+2;;;/p-1/t12-,13-;;;;;;/m1....../s1. The van der Waals surface area contributed by atoms with Gasteiger partial charge in [0.1, 0.15) is 0 Å². The minimum atomic E-state index is 0. The second-order valence-corrected chi connectivity index (χ2v) is 5.34. The van der Waals surface area contributed by atoms with Crippen molar-refractivity contribution < 1.29 is 58.3 Å². The van der Waals surface area contributed by atoms with Crippen molar-refractivity contribution in [1.29, 1.82) is 0 Å². The number of hydrogen-bond donors (Lipinski definition) is 4. The summed E-state index contributed by atoms with van der Waals surface area (Å²) < 4.78 is 0. The molecule has 0 aromatic carbocycles. The van der Waals surface area contributed by atoms with Crippen molar-refractivity contribution in [1.82, 2.24) is 26.3 Å². The maximum atomic E-state index is 4.78. The molecule has 1 aromatic heterocycles. The maximum Gasteiger partial charge on any atom is 2.00 e. The third-order valence-electron chi connectivity index (χ3n) is 3.66. The molecule has 1 aromatic rings. The zero-order valence-electron chi connectivity index (χ0n) is 15.3. The number of halogens is 2. The van der Waals surface area contributed by atoms with Gasteiger partial charge in [-0.2, -0.15) is 0 Å². The first kappa shape index (κ1) is 36.8. The van der Waals surface area contributed by atoms with Crippen molar-refractivity contribution in [3.63, 3.8) is 0 Å². The van der Waals surface area contributed by atoms with Crippen molar-refractivity contribution in [3.8, 4) is 0 Å². The van der Waals surface area contributed by atoms with Gasteiger partial charge in [0, 0.05) is 51.4 Å². The second kappa shape index (κ2) is 21.3. The molecular formula is C15H34Cl2MnN5O3+.